The molecule has 34 heavy (non-hydrogen) atoms. The van der Waals surface area contributed by atoms with Gasteiger partial charge in [0.15, 0.2) is 5.82 Å². The van der Waals surface area contributed by atoms with Crippen LogP contribution >= 0.6 is 0 Å². The maximum atomic E-state index is 13.4. The number of hydrogen-bond donors (Lipinski definition) is 0. The maximum Gasteiger partial charge on any atom is 0.227 e. The van der Waals surface area contributed by atoms with Crippen LogP contribution in [0.2, 0.25) is 0 Å². The number of aryl methyl sites for hydroxylation is 1. The Kier molecular flexibility index (Phi) is 7.78. The molecule has 0 bridgehead atoms. The van der Waals surface area contributed by atoms with Crippen LogP contribution in [0.5, 0.6) is 0 Å². The van der Waals surface area contributed by atoms with E-state index in [1.54, 1.807) is 0 Å². The molecule has 0 atom stereocenters. The quantitative estimate of drug-likeness (QED) is 0.451. The Morgan fingerprint density at radius 2 is 1.68 bits per heavy atom. The van der Waals surface area contributed by atoms with Crippen molar-refractivity contribution in [2.75, 3.05) is 18.0 Å². The highest BCUT2D eigenvalue weighted by atomic mass is 16.5. The Morgan fingerprint density at radius 1 is 1.03 bits per heavy atom. The molecule has 1 fully saturated rings. The minimum atomic E-state index is -0.142. The van der Waals surface area contributed by atoms with Crippen molar-refractivity contribution in [2.24, 2.45) is 0 Å². The van der Waals surface area contributed by atoms with Crippen molar-refractivity contribution >= 4 is 11.6 Å². The smallest absolute Gasteiger partial charge is 0.227 e. The first-order valence-electron chi connectivity index (χ1n) is 12.4. The molecule has 0 aliphatic carbocycles. The number of para-hydroxylation sites is 1. The van der Waals surface area contributed by atoms with Crippen LogP contribution in [0.4, 0.5) is 5.69 Å². The molecule has 0 N–H and O–H groups in total. The highest BCUT2D eigenvalue weighted by Crippen LogP contribution is 2.26. The van der Waals surface area contributed by atoms with Gasteiger partial charge in [-0.15, -0.1) is 0 Å². The van der Waals surface area contributed by atoms with Gasteiger partial charge >= 0.3 is 0 Å². The van der Waals surface area contributed by atoms with Crippen molar-refractivity contribution in [3.63, 3.8) is 0 Å². The SMILES string of the molecule is CC(C)(C)c1noc(CCCC(=O)N(c2ccccc2)C2CCN(Cc3ccccc3)CC2)n1. The van der Waals surface area contributed by atoms with Gasteiger partial charge in [0.1, 0.15) is 0 Å². The van der Waals surface area contributed by atoms with E-state index in [2.05, 4.69) is 66.1 Å². The summed E-state index contributed by atoms with van der Waals surface area (Å²) in [7, 11) is 0. The zero-order valence-electron chi connectivity index (χ0n) is 20.6. The number of carbonyl (C=O) groups excluding carboxylic acids is 1. The molecule has 0 unspecified atom stereocenters. The van der Waals surface area contributed by atoms with Gasteiger partial charge < -0.3 is 9.42 Å². The van der Waals surface area contributed by atoms with Gasteiger partial charge in [0, 0.05) is 49.6 Å². The minimum absolute atomic E-state index is 0.142. The Hall–Kier alpha value is -2.99. The van der Waals surface area contributed by atoms with Gasteiger partial charge in [-0.25, -0.2) is 0 Å². The molecule has 1 aliphatic heterocycles. The largest absolute Gasteiger partial charge is 0.339 e. The zero-order valence-corrected chi connectivity index (χ0v) is 20.6. The standard InChI is InChI=1S/C28H36N4O2/c1-28(2,3)27-29-25(34-30-27)15-10-16-26(33)32(23-13-8-5-9-14-23)24-17-19-31(20-18-24)21-22-11-6-4-7-12-22/h4-9,11-14,24H,10,15-21H2,1-3H3. The van der Waals surface area contributed by atoms with Crippen LogP contribution in [0, 0.1) is 0 Å². The van der Waals surface area contributed by atoms with Gasteiger partial charge in [0.25, 0.3) is 0 Å². The summed E-state index contributed by atoms with van der Waals surface area (Å²) in [5.74, 6) is 1.49. The van der Waals surface area contributed by atoms with Crippen LogP contribution in [0.1, 0.15) is 63.7 Å². The van der Waals surface area contributed by atoms with E-state index >= 15 is 0 Å². The van der Waals surface area contributed by atoms with Crippen LogP contribution in [0.3, 0.4) is 0 Å². The molecule has 0 radical (unpaired) electrons. The van der Waals surface area contributed by atoms with Crippen molar-refractivity contribution in [1.82, 2.24) is 15.0 Å². The summed E-state index contributed by atoms with van der Waals surface area (Å²) in [6.45, 7) is 9.14. The number of piperidine rings is 1. The number of hydrogen-bond acceptors (Lipinski definition) is 5. The number of carbonyl (C=O) groups is 1. The van der Waals surface area contributed by atoms with Gasteiger partial charge in [-0.2, -0.15) is 4.98 Å². The van der Waals surface area contributed by atoms with Gasteiger partial charge in [-0.05, 0) is 37.0 Å². The lowest BCUT2D eigenvalue weighted by Crippen LogP contribution is -2.47. The Morgan fingerprint density at radius 3 is 2.29 bits per heavy atom. The lowest BCUT2D eigenvalue weighted by molar-refractivity contribution is -0.119. The number of aromatic nitrogens is 2. The minimum Gasteiger partial charge on any atom is -0.339 e. The van der Waals surface area contributed by atoms with Crippen LogP contribution in [0.15, 0.2) is 65.2 Å². The van der Waals surface area contributed by atoms with Crippen molar-refractivity contribution in [2.45, 2.75) is 70.9 Å². The van der Waals surface area contributed by atoms with Crippen LogP contribution in [-0.2, 0) is 23.2 Å². The Labute approximate surface area is 203 Å². The molecule has 2 aromatic carbocycles. The van der Waals surface area contributed by atoms with Crippen molar-refractivity contribution < 1.29 is 9.32 Å². The summed E-state index contributed by atoms with van der Waals surface area (Å²) in [4.78, 5) is 22.4. The van der Waals surface area contributed by atoms with E-state index in [-0.39, 0.29) is 17.4 Å². The van der Waals surface area contributed by atoms with E-state index in [0.717, 1.165) is 38.2 Å². The second kappa shape index (κ2) is 11.0. The van der Waals surface area contributed by atoms with E-state index in [1.807, 2.05) is 35.2 Å². The number of likely N-dealkylation sites (tertiary alicyclic amines) is 1. The molecule has 6 heteroatoms. The molecule has 1 saturated heterocycles. The average Bonchev–Trinajstić information content (AvgIpc) is 3.32. The van der Waals surface area contributed by atoms with Crippen LogP contribution in [0.25, 0.3) is 0 Å². The summed E-state index contributed by atoms with van der Waals surface area (Å²) in [6.07, 6.45) is 3.73. The third kappa shape index (κ3) is 6.32. The van der Waals surface area contributed by atoms with Gasteiger partial charge in [0.05, 0.1) is 0 Å². The summed E-state index contributed by atoms with van der Waals surface area (Å²) in [5, 5.41) is 4.09. The lowest BCUT2D eigenvalue weighted by Gasteiger charge is -2.38. The fraction of sp³-hybridized carbons (Fsp3) is 0.464. The number of amides is 1. The molecule has 0 saturated carbocycles. The van der Waals surface area contributed by atoms with Gasteiger partial charge in [-0.1, -0.05) is 74.5 Å². The molecular formula is C28H36N4O2. The summed E-state index contributed by atoms with van der Waals surface area (Å²) >= 11 is 0. The van der Waals surface area contributed by atoms with Crippen LogP contribution in [-0.4, -0.2) is 40.1 Å². The molecule has 0 spiro atoms. The van der Waals surface area contributed by atoms with E-state index in [9.17, 15) is 4.79 Å². The first kappa shape index (κ1) is 24.1. The third-order valence-electron chi connectivity index (χ3n) is 6.39. The number of rotatable bonds is 8. The molecule has 1 aromatic heterocycles. The number of nitrogens with zero attached hydrogens (tertiary/aromatic N) is 4. The molecule has 1 amide bonds. The molecule has 4 rings (SSSR count). The van der Waals surface area contributed by atoms with Crippen molar-refractivity contribution in [3.05, 3.63) is 77.9 Å². The van der Waals surface area contributed by atoms with Crippen molar-refractivity contribution in [1.29, 1.82) is 0 Å². The second-order valence-corrected chi connectivity index (χ2v) is 10.2. The predicted molar refractivity (Wildman–Crippen MR) is 135 cm³/mol. The predicted octanol–water partition coefficient (Wildman–Crippen LogP) is 5.39. The molecule has 2 heterocycles. The van der Waals surface area contributed by atoms with Crippen molar-refractivity contribution in [3.8, 4) is 0 Å². The second-order valence-electron chi connectivity index (χ2n) is 10.2. The number of anilines is 1. The fourth-order valence-electron chi connectivity index (χ4n) is 4.50. The average molecular weight is 461 g/mol. The summed E-state index contributed by atoms with van der Waals surface area (Å²) in [5.41, 5.74) is 2.19. The van der Waals surface area contributed by atoms with Crippen LogP contribution < -0.4 is 4.90 Å². The van der Waals surface area contributed by atoms with E-state index in [1.165, 1.54) is 5.56 Å². The third-order valence-corrected chi connectivity index (χ3v) is 6.39. The summed E-state index contributed by atoms with van der Waals surface area (Å²) in [6, 6.07) is 20.9. The fourth-order valence-corrected chi connectivity index (χ4v) is 4.50. The Balaban J connectivity index is 1.35. The molecule has 1 aliphatic rings. The van der Waals surface area contributed by atoms with E-state index in [4.69, 9.17) is 4.52 Å². The molecule has 180 valence electrons. The van der Waals surface area contributed by atoms with E-state index < -0.39 is 0 Å². The highest BCUT2D eigenvalue weighted by Gasteiger charge is 2.29. The monoisotopic (exact) mass is 460 g/mol. The normalized spacial score (nSPS) is 15.4. The highest BCUT2D eigenvalue weighted by molar-refractivity contribution is 5.94. The molecule has 6 nitrogen and oxygen atoms in total. The number of benzene rings is 2. The topological polar surface area (TPSA) is 62.5 Å². The summed E-state index contributed by atoms with van der Waals surface area (Å²) < 4.78 is 5.40. The maximum absolute atomic E-state index is 13.4. The first-order valence-corrected chi connectivity index (χ1v) is 12.4. The first-order chi connectivity index (χ1) is 16.4. The molecular weight excluding hydrogens is 424 g/mol. The van der Waals surface area contributed by atoms with E-state index in [0.29, 0.717) is 31.0 Å². The zero-order chi connectivity index (χ0) is 24.0. The lowest BCUT2D eigenvalue weighted by atomic mass is 9.96. The van der Waals surface area contributed by atoms with Gasteiger partial charge in [0.2, 0.25) is 11.8 Å². The Bertz CT molecular complexity index is 1040. The van der Waals surface area contributed by atoms with Gasteiger partial charge in [-0.3, -0.25) is 9.69 Å². The molecule has 3 aromatic rings.